The molecule has 3 aliphatic rings. The third kappa shape index (κ3) is 4.63. The van der Waals surface area contributed by atoms with E-state index >= 15 is 0 Å². The largest absolute Gasteiger partial charge is 0.459 e. The summed E-state index contributed by atoms with van der Waals surface area (Å²) in [5, 5.41) is 0. The third-order valence-electron chi connectivity index (χ3n) is 8.11. The zero-order valence-corrected chi connectivity index (χ0v) is 18.6. The highest BCUT2D eigenvalue weighted by Crippen LogP contribution is 2.51. The van der Waals surface area contributed by atoms with E-state index in [2.05, 4.69) is 6.92 Å². The van der Waals surface area contributed by atoms with Crippen LogP contribution in [0.5, 0.6) is 0 Å². The fourth-order valence-corrected chi connectivity index (χ4v) is 6.58. The molecule has 0 aromatic heterocycles. The molecule has 5 atom stereocenters. The number of ether oxygens (including phenoxy) is 2. The zero-order chi connectivity index (χ0) is 20.5. The van der Waals surface area contributed by atoms with Gasteiger partial charge in [-0.1, -0.05) is 32.6 Å². The monoisotopic (exact) mass is 392 g/mol. The highest BCUT2D eigenvalue weighted by Gasteiger charge is 2.48. The average Bonchev–Trinajstić information content (AvgIpc) is 2.60. The molecular formula is C24H40O4. The van der Waals surface area contributed by atoms with Crippen molar-refractivity contribution >= 4 is 11.8 Å². The van der Waals surface area contributed by atoms with Gasteiger partial charge in [0.05, 0.1) is 12.5 Å². The molecule has 3 aliphatic carbocycles. The Morgan fingerprint density at radius 1 is 1.04 bits per heavy atom. The molecule has 4 nitrogen and oxygen atoms in total. The second-order valence-electron chi connectivity index (χ2n) is 10.7. The van der Waals surface area contributed by atoms with E-state index in [0.29, 0.717) is 17.8 Å². The Balaban J connectivity index is 1.68. The summed E-state index contributed by atoms with van der Waals surface area (Å²) < 4.78 is 11.8. The SMILES string of the molecule is COC1CC(C)CCC1C(C)(C)OC(=O)CC1(C(C)=O)CC2CCCC(C2)C1. The molecule has 0 aromatic carbocycles. The van der Waals surface area contributed by atoms with Gasteiger partial charge in [0.2, 0.25) is 0 Å². The van der Waals surface area contributed by atoms with Crippen LogP contribution in [0.25, 0.3) is 0 Å². The van der Waals surface area contributed by atoms with Gasteiger partial charge in [0, 0.05) is 18.4 Å². The normalized spacial score (nSPS) is 38.7. The Hall–Kier alpha value is -0.900. The topological polar surface area (TPSA) is 52.6 Å². The first kappa shape index (κ1) is 21.8. The lowest BCUT2D eigenvalue weighted by atomic mass is 9.58. The van der Waals surface area contributed by atoms with Gasteiger partial charge < -0.3 is 9.47 Å². The highest BCUT2D eigenvalue weighted by molar-refractivity contribution is 5.87. The van der Waals surface area contributed by atoms with Crippen LogP contribution in [0.2, 0.25) is 0 Å². The van der Waals surface area contributed by atoms with Gasteiger partial charge in [0.25, 0.3) is 0 Å². The van der Waals surface area contributed by atoms with Crippen molar-refractivity contribution in [3.63, 3.8) is 0 Å². The Bertz CT molecular complexity index is 569. The number of Topliss-reactive ketones (excluding diaryl/α,β-unsaturated/α-hetero) is 1. The predicted octanol–water partition coefficient (Wildman–Crippen LogP) is 5.33. The van der Waals surface area contributed by atoms with Crippen molar-refractivity contribution in [3.05, 3.63) is 0 Å². The average molecular weight is 393 g/mol. The molecule has 4 heteroatoms. The Morgan fingerprint density at radius 3 is 2.25 bits per heavy atom. The second kappa shape index (κ2) is 8.45. The molecule has 0 N–H and O–H groups in total. The lowest BCUT2D eigenvalue weighted by Gasteiger charge is -2.46. The first-order valence-electron chi connectivity index (χ1n) is 11.4. The standard InChI is InChI=1S/C24H40O4/c1-16-9-10-20(21(11-16)27-5)23(3,4)28-22(26)15-24(17(2)25)13-18-7-6-8-19(12-18)14-24/h16,18-21H,6-15H2,1-5H3. The fraction of sp³-hybridized carbons (Fsp3) is 0.917. The van der Waals surface area contributed by atoms with E-state index in [9.17, 15) is 9.59 Å². The quantitative estimate of drug-likeness (QED) is 0.574. The van der Waals surface area contributed by atoms with Crippen molar-refractivity contribution in [3.8, 4) is 0 Å². The van der Waals surface area contributed by atoms with Crippen molar-refractivity contribution in [2.24, 2.45) is 29.1 Å². The summed E-state index contributed by atoms with van der Waals surface area (Å²) in [7, 11) is 1.76. The summed E-state index contributed by atoms with van der Waals surface area (Å²) in [6, 6.07) is 0. The summed E-state index contributed by atoms with van der Waals surface area (Å²) in [4.78, 5) is 25.7. The van der Waals surface area contributed by atoms with E-state index in [0.717, 1.165) is 32.1 Å². The van der Waals surface area contributed by atoms with E-state index in [1.807, 2.05) is 13.8 Å². The molecule has 0 aromatic rings. The maximum absolute atomic E-state index is 13.0. The van der Waals surface area contributed by atoms with E-state index in [4.69, 9.17) is 9.47 Å². The molecule has 28 heavy (non-hydrogen) atoms. The number of rotatable bonds is 6. The summed E-state index contributed by atoms with van der Waals surface area (Å²) in [5.41, 5.74) is -1.07. The van der Waals surface area contributed by atoms with Crippen molar-refractivity contribution in [1.82, 2.24) is 0 Å². The smallest absolute Gasteiger partial charge is 0.307 e. The van der Waals surface area contributed by atoms with Crippen LogP contribution in [0.1, 0.15) is 91.9 Å². The van der Waals surface area contributed by atoms with E-state index < -0.39 is 11.0 Å². The van der Waals surface area contributed by atoms with Crippen LogP contribution >= 0.6 is 0 Å². The minimum absolute atomic E-state index is 0.127. The number of fused-ring (bicyclic) bond motifs is 2. The van der Waals surface area contributed by atoms with Crippen LogP contribution in [-0.2, 0) is 19.1 Å². The molecule has 3 rings (SSSR count). The number of ketones is 1. The van der Waals surface area contributed by atoms with Gasteiger partial charge in [-0.05, 0) is 70.6 Å². The second-order valence-corrected chi connectivity index (χ2v) is 10.7. The van der Waals surface area contributed by atoms with Gasteiger partial charge in [0.1, 0.15) is 11.4 Å². The lowest BCUT2D eigenvalue weighted by Crippen LogP contribution is -2.48. The minimum Gasteiger partial charge on any atom is -0.459 e. The van der Waals surface area contributed by atoms with Crippen LogP contribution in [0.3, 0.4) is 0 Å². The summed E-state index contributed by atoms with van der Waals surface area (Å²) in [6.45, 7) is 7.99. The molecule has 5 unspecified atom stereocenters. The van der Waals surface area contributed by atoms with Gasteiger partial charge in [0.15, 0.2) is 0 Å². The molecule has 160 valence electrons. The van der Waals surface area contributed by atoms with E-state index in [1.54, 1.807) is 14.0 Å². The van der Waals surface area contributed by atoms with Crippen molar-refractivity contribution in [2.75, 3.05) is 7.11 Å². The van der Waals surface area contributed by atoms with E-state index in [-0.39, 0.29) is 30.2 Å². The molecule has 3 fully saturated rings. The maximum Gasteiger partial charge on any atom is 0.307 e. The Morgan fingerprint density at radius 2 is 1.68 bits per heavy atom. The Labute approximate surface area is 171 Å². The number of carbonyl (C=O) groups excluding carboxylic acids is 2. The molecule has 0 amide bonds. The predicted molar refractivity (Wildman–Crippen MR) is 110 cm³/mol. The molecule has 3 saturated carbocycles. The first-order valence-corrected chi connectivity index (χ1v) is 11.4. The summed E-state index contributed by atoms with van der Waals surface area (Å²) in [6.07, 6.45) is 10.2. The lowest BCUT2D eigenvalue weighted by molar-refractivity contribution is -0.176. The Kier molecular flexibility index (Phi) is 6.58. The number of esters is 1. The molecule has 2 bridgehead atoms. The molecule has 0 spiro atoms. The fourth-order valence-electron chi connectivity index (χ4n) is 6.58. The van der Waals surface area contributed by atoms with Crippen LogP contribution in [0.15, 0.2) is 0 Å². The van der Waals surface area contributed by atoms with Gasteiger partial charge in [-0.3, -0.25) is 9.59 Å². The number of hydrogen-bond acceptors (Lipinski definition) is 4. The third-order valence-corrected chi connectivity index (χ3v) is 8.11. The summed E-state index contributed by atoms with van der Waals surface area (Å²) in [5.74, 6) is 2.05. The van der Waals surface area contributed by atoms with Crippen molar-refractivity contribution < 1.29 is 19.1 Å². The minimum atomic E-state index is -0.569. The van der Waals surface area contributed by atoms with Gasteiger partial charge >= 0.3 is 5.97 Å². The van der Waals surface area contributed by atoms with Gasteiger partial charge in [-0.2, -0.15) is 0 Å². The number of carbonyl (C=O) groups is 2. The molecule has 0 heterocycles. The van der Waals surface area contributed by atoms with Crippen LogP contribution in [0, 0.1) is 29.1 Å². The molecular weight excluding hydrogens is 352 g/mol. The number of methoxy groups -OCH3 is 1. The molecule has 0 radical (unpaired) electrons. The summed E-state index contributed by atoms with van der Waals surface area (Å²) >= 11 is 0. The maximum atomic E-state index is 13.0. The molecule has 0 saturated heterocycles. The first-order chi connectivity index (χ1) is 13.1. The van der Waals surface area contributed by atoms with Crippen LogP contribution < -0.4 is 0 Å². The van der Waals surface area contributed by atoms with E-state index in [1.165, 1.54) is 25.7 Å². The van der Waals surface area contributed by atoms with Crippen molar-refractivity contribution in [2.45, 2.75) is 104 Å². The van der Waals surface area contributed by atoms with Crippen LogP contribution in [-0.4, -0.2) is 30.6 Å². The van der Waals surface area contributed by atoms with Crippen LogP contribution in [0.4, 0.5) is 0 Å². The highest BCUT2D eigenvalue weighted by atomic mass is 16.6. The van der Waals surface area contributed by atoms with Gasteiger partial charge in [-0.25, -0.2) is 0 Å². The molecule has 0 aliphatic heterocycles. The van der Waals surface area contributed by atoms with Gasteiger partial charge in [-0.15, -0.1) is 0 Å². The zero-order valence-electron chi connectivity index (χ0n) is 18.6. The van der Waals surface area contributed by atoms with Crippen molar-refractivity contribution in [1.29, 1.82) is 0 Å². The number of hydrogen-bond donors (Lipinski definition) is 0.